The smallest absolute Gasteiger partial charge is 0.176 e. The van der Waals surface area contributed by atoms with Crippen molar-refractivity contribution < 1.29 is 0 Å². The average molecular weight is 298 g/mol. The second-order valence-corrected chi connectivity index (χ2v) is 6.05. The molecule has 1 N–H and O–H groups in total. The first-order valence-electron chi connectivity index (χ1n) is 7.08. The third-order valence-electron chi connectivity index (χ3n) is 3.34. The lowest BCUT2D eigenvalue weighted by atomic mass is 10.2. The van der Waals surface area contributed by atoms with Crippen molar-refractivity contribution in [3.05, 3.63) is 58.7 Å². The first kappa shape index (κ1) is 13.8. The third kappa shape index (κ3) is 2.97. The van der Waals surface area contributed by atoms with Crippen LogP contribution in [0.2, 0.25) is 0 Å². The molecule has 1 atom stereocenters. The summed E-state index contributed by atoms with van der Waals surface area (Å²) < 4.78 is 1.78. The van der Waals surface area contributed by atoms with Crippen molar-refractivity contribution in [1.29, 1.82) is 0 Å². The molecule has 0 bridgehead atoms. The molecule has 21 heavy (non-hydrogen) atoms. The van der Waals surface area contributed by atoms with Crippen LogP contribution in [0.15, 0.2) is 48.9 Å². The Morgan fingerprint density at radius 2 is 2.14 bits per heavy atom. The molecule has 0 fully saturated rings. The lowest BCUT2D eigenvalue weighted by Gasteiger charge is -2.16. The predicted octanol–water partition coefficient (Wildman–Crippen LogP) is 4.06. The van der Waals surface area contributed by atoms with E-state index in [2.05, 4.69) is 41.4 Å². The minimum atomic E-state index is 0.244. The van der Waals surface area contributed by atoms with Gasteiger partial charge in [0.15, 0.2) is 5.82 Å². The van der Waals surface area contributed by atoms with Crippen molar-refractivity contribution >= 4 is 17.0 Å². The molecule has 0 saturated carbocycles. The molecule has 3 aromatic heterocycles. The van der Waals surface area contributed by atoms with E-state index in [-0.39, 0.29) is 6.04 Å². The molecule has 0 radical (unpaired) electrons. The van der Waals surface area contributed by atoms with Crippen molar-refractivity contribution in [3.8, 4) is 5.82 Å². The molecule has 0 saturated heterocycles. The van der Waals surface area contributed by atoms with Gasteiger partial charge in [0, 0.05) is 28.3 Å². The van der Waals surface area contributed by atoms with Crippen molar-refractivity contribution in [2.75, 3.05) is 5.32 Å². The molecular formula is C16H18N4S. The minimum Gasteiger partial charge on any atom is -0.375 e. The highest BCUT2D eigenvalue weighted by Gasteiger charge is 2.12. The van der Waals surface area contributed by atoms with E-state index >= 15 is 0 Å². The molecule has 0 aliphatic heterocycles. The Bertz CT molecular complexity index is 703. The summed E-state index contributed by atoms with van der Waals surface area (Å²) in [4.78, 5) is 7.18. The molecule has 4 nitrogen and oxygen atoms in total. The normalized spacial score (nSPS) is 12.3. The summed E-state index contributed by atoms with van der Waals surface area (Å²) in [5.41, 5.74) is 0.986. The molecule has 0 aliphatic carbocycles. The number of rotatable bonds is 5. The molecule has 0 amide bonds. The Hall–Kier alpha value is -2.14. The van der Waals surface area contributed by atoms with Crippen LogP contribution >= 0.6 is 11.3 Å². The van der Waals surface area contributed by atoms with Gasteiger partial charge in [0.25, 0.3) is 0 Å². The number of nitrogens with zero attached hydrogens (tertiary/aromatic N) is 3. The summed E-state index contributed by atoms with van der Waals surface area (Å²) in [6.07, 6.45) is 6.53. The minimum absolute atomic E-state index is 0.244. The SMILES string of the molecule is CCc1ccc(C(C)Nc2cccnc2-n2cccn2)s1. The van der Waals surface area contributed by atoms with Crippen LogP contribution in [0.3, 0.4) is 0 Å². The maximum Gasteiger partial charge on any atom is 0.176 e. The van der Waals surface area contributed by atoms with Crippen molar-refractivity contribution in [3.63, 3.8) is 0 Å². The fourth-order valence-corrected chi connectivity index (χ4v) is 3.16. The van der Waals surface area contributed by atoms with Gasteiger partial charge < -0.3 is 5.32 Å². The van der Waals surface area contributed by atoms with E-state index in [9.17, 15) is 0 Å². The Balaban J connectivity index is 1.85. The lowest BCUT2D eigenvalue weighted by molar-refractivity contribution is 0.834. The van der Waals surface area contributed by atoms with Crippen LogP contribution in [-0.4, -0.2) is 14.8 Å². The third-order valence-corrected chi connectivity index (χ3v) is 4.75. The zero-order chi connectivity index (χ0) is 14.7. The summed E-state index contributed by atoms with van der Waals surface area (Å²) in [5, 5.41) is 7.80. The van der Waals surface area contributed by atoms with Crippen LogP contribution in [0, 0.1) is 0 Å². The topological polar surface area (TPSA) is 42.7 Å². The highest BCUT2D eigenvalue weighted by Crippen LogP contribution is 2.28. The highest BCUT2D eigenvalue weighted by molar-refractivity contribution is 7.12. The van der Waals surface area contributed by atoms with Gasteiger partial charge in [-0.25, -0.2) is 9.67 Å². The van der Waals surface area contributed by atoms with E-state index in [0.717, 1.165) is 17.9 Å². The van der Waals surface area contributed by atoms with E-state index in [0.29, 0.717) is 0 Å². The standard InChI is InChI=1S/C16H18N4S/c1-3-13-7-8-15(21-13)12(2)19-14-6-4-9-17-16(14)20-11-5-10-18-20/h4-12,19H,3H2,1-2H3. The molecule has 108 valence electrons. The number of anilines is 1. The van der Waals surface area contributed by atoms with Gasteiger partial charge in [-0.2, -0.15) is 5.10 Å². The molecule has 3 heterocycles. The van der Waals surface area contributed by atoms with Crippen LogP contribution in [0.25, 0.3) is 5.82 Å². The van der Waals surface area contributed by atoms with E-state index in [4.69, 9.17) is 0 Å². The molecule has 0 aromatic carbocycles. The molecule has 1 unspecified atom stereocenters. The number of pyridine rings is 1. The number of thiophene rings is 1. The Morgan fingerprint density at radius 1 is 1.24 bits per heavy atom. The fraction of sp³-hybridized carbons (Fsp3) is 0.250. The summed E-state index contributed by atoms with van der Waals surface area (Å²) in [6.45, 7) is 4.36. The molecule has 0 aliphatic rings. The predicted molar refractivity (Wildman–Crippen MR) is 87.1 cm³/mol. The van der Waals surface area contributed by atoms with E-state index in [1.165, 1.54) is 9.75 Å². The van der Waals surface area contributed by atoms with Crippen LogP contribution in [0.5, 0.6) is 0 Å². The van der Waals surface area contributed by atoms with Gasteiger partial charge in [-0.3, -0.25) is 0 Å². The van der Waals surface area contributed by atoms with E-state index < -0.39 is 0 Å². The first-order valence-corrected chi connectivity index (χ1v) is 7.89. The Kier molecular flexibility index (Phi) is 4.01. The van der Waals surface area contributed by atoms with Crippen LogP contribution < -0.4 is 5.32 Å². The van der Waals surface area contributed by atoms with E-state index in [1.807, 2.05) is 35.7 Å². The van der Waals surface area contributed by atoms with Crippen LogP contribution in [-0.2, 0) is 6.42 Å². The van der Waals surface area contributed by atoms with E-state index in [1.54, 1.807) is 17.1 Å². The highest BCUT2D eigenvalue weighted by atomic mass is 32.1. The zero-order valence-electron chi connectivity index (χ0n) is 12.2. The number of hydrogen-bond acceptors (Lipinski definition) is 4. The van der Waals surface area contributed by atoms with Gasteiger partial charge in [0.1, 0.15) is 0 Å². The molecule has 5 heteroatoms. The molecule has 0 spiro atoms. The van der Waals surface area contributed by atoms with Gasteiger partial charge >= 0.3 is 0 Å². The first-order chi connectivity index (χ1) is 10.3. The second kappa shape index (κ2) is 6.10. The largest absolute Gasteiger partial charge is 0.375 e. The van der Waals surface area contributed by atoms with Gasteiger partial charge in [-0.05, 0) is 43.7 Å². The Labute approximate surface area is 128 Å². The number of aryl methyl sites for hydroxylation is 1. The summed E-state index contributed by atoms with van der Waals surface area (Å²) in [6, 6.07) is 10.5. The molecule has 3 rings (SSSR count). The number of aromatic nitrogens is 3. The maximum absolute atomic E-state index is 4.43. The number of nitrogens with one attached hydrogen (secondary N) is 1. The fourth-order valence-electron chi connectivity index (χ4n) is 2.21. The second-order valence-electron chi connectivity index (χ2n) is 4.85. The lowest BCUT2D eigenvalue weighted by Crippen LogP contribution is -2.09. The number of hydrogen-bond donors (Lipinski definition) is 1. The zero-order valence-corrected chi connectivity index (χ0v) is 13.0. The monoisotopic (exact) mass is 298 g/mol. The summed E-state index contributed by atoms with van der Waals surface area (Å²) in [7, 11) is 0. The summed E-state index contributed by atoms with van der Waals surface area (Å²) >= 11 is 1.86. The van der Waals surface area contributed by atoms with Gasteiger partial charge in [0.2, 0.25) is 0 Å². The van der Waals surface area contributed by atoms with Crippen molar-refractivity contribution in [2.24, 2.45) is 0 Å². The Morgan fingerprint density at radius 3 is 2.86 bits per heavy atom. The van der Waals surface area contributed by atoms with Crippen molar-refractivity contribution in [2.45, 2.75) is 26.3 Å². The van der Waals surface area contributed by atoms with Gasteiger partial charge in [-0.1, -0.05) is 6.92 Å². The maximum atomic E-state index is 4.43. The quantitative estimate of drug-likeness (QED) is 0.772. The molecular weight excluding hydrogens is 280 g/mol. The van der Waals surface area contributed by atoms with Crippen molar-refractivity contribution in [1.82, 2.24) is 14.8 Å². The van der Waals surface area contributed by atoms with Crippen LogP contribution in [0.4, 0.5) is 5.69 Å². The molecule has 3 aromatic rings. The van der Waals surface area contributed by atoms with Crippen LogP contribution in [0.1, 0.15) is 29.6 Å². The van der Waals surface area contributed by atoms with Gasteiger partial charge in [-0.15, -0.1) is 11.3 Å². The average Bonchev–Trinajstić information content (AvgIpc) is 3.19. The van der Waals surface area contributed by atoms with Gasteiger partial charge in [0.05, 0.1) is 11.7 Å². The summed E-state index contributed by atoms with van der Waals surface area (Å²) in [5.74, 6) is 0.821.